The highest BCUT2D eigenvalue weighted by atomic mass is 16.3. The molecular weight excluding hydrogens is 176 g/mol. The molecule has 0 aromatic rings. The minimum atomic E-state index is 0.0885. The average Bonchev–Trinajstić information content (AvgIpc) is 2.55. The fourth-order valence-corrected chi connectivity index (χ4v) is 3.82. The normalized spacial score (nSPS) is 43.3. The van der Waals surface area contributed by atoms with Gasteiger partial charge in [-0.15, -0.1) is 0 Å². The summed E-state index contributed by atoms with van der Waals surface area (Å²) in [4.78, 5) is 0. The van der Waals surface area contributed by atoms with E-state index in [1.54, 1.807) is 0 Å². The van der Waals surface area contributed by atoms with Gasteiger partial charge in [-0.2, -0.15) is 0 Å². The van der Waals surface area contributed by atoms with E-state index < -0.39 is 0 Å². The second-order valence-electron chi connectivity index (χ2n) is 5.14. The Kier molecular flexibility index (Phi) is 3.13. The van der Waals surface area contributed by atoms with Gasteiger partial charge in [-0.25, -0.2) is 0 Å². The highest BCUT2D eigenvalue weighted by Gasteiger charge is 2.48. The van der Waals surface area contributed by atoms with Crippen LogP contribution in [0.5, 0.6) is 0 Å². The molecule has 2 N–H and O–H groups in total. The van der Waals surface area contributed by atoms with Gasteiger partial charge >= 0.3 is 0 Å². The molecule has 0 spiro atoms. The molecule has 0 bridgehead atoms. The lowest BCUT2D eigenvalue weighted by atomic mass is 9.68. The lowest BCUT2D eigenvalue weighted by Crippen LogP contribution is -2.38. The van der Waals surface area contributed by atoms with E-state index in [4.69, 9.17) is 0 Å². The Labute approximate surface area is 86.3 Å². The van der Waals surface area contributed by atoms with Crippen molar-refractivity contribution in [3.05, 3.63) is 0 Å². The first-order valence-electron chi connectivity index (χ1n) is 6.05. The van der Waals surface area contributed by atoms with Crippen LogP contribution in [-0.2, 0) is 0 Å². The van der Waals surface area contributed by atoms with Gasteiger partial charge < -0.3 is 10.2 Å². The predicted molar refractivity (Wildman–Crippen MR) is 55.9 cm³/mol. The number of hydrogen-bond acceptors (Lipinski definition) is 2. The van der Waals surface area contributed by atoms with Crippen LogP contribution in [0.15, 0.2) is 0 Å². The Morgan fingerprint density at radius 3 is 2.43 bits per heavy atom. The van der Waals surface area contributed by atoms with E-state index in [0.29, 0.717) is 18.4 Å². The molecule has 2 fully saturated rings. The van der Waals surface area contributed by atoms with E-state index in [9.17, 15) is 10.2 Å². The molecule has 82 valence electrons. The topological polar surface area (TPSA) is 40.5 Å². The van der Waals surface area contributed by atoms with Gasteiger partial charge in [-0.1, -0.05) is 19.3 Å². The van der Waals surface area contributed by atoms with E-state index in [1.807, 2.05) is 0 Å². The molecular formula is C12H22O2. The minimum Gasteiger partial charge on any atom is -0.396 e. The quantitative estimate of drug-likeness (QED) is 0.712. The molecule has 0 aromatic carbocycles. The van der Waals surface area contributed by atoms with Crippen molar-refractivity contribution in [1.29, 1.82) is 0 Å². The zero-order valence-corrected chi connectivity index (χ0v) is 8.91. The van der Waals surface area contributed by atoms with Crippen molar-refractivity contribution in [1.82, 2.24) is 0 Å². The summed E-state index contributed by atoms with van der Waals surface area (Å²) in [6.07, 6.45) is 8.59. The molecule has 3 unspecified atom stereocenters. The van der Waals surface area contributed by atoms with Gasteiger partial charge in [0.05, 0.1) is 0 Å². The molecule has 0 aromatic heterocycles. The monoisotopic (exact) mass is 198 g/mol. The Hall–Kier alpha value is -0.0800. The fraction of sp³-hybridized carbons (Fsp3) is 1.00. The van der Waals surface area contributed by atoms with E-state index in [0.717, 1.165) is 12.8 Å². The summed E-state index contributed by atoms with van der Waals surface area (Å²) in [6.45, 7) is 0.569. The van der Waals surface area contributed by atoms with E-state index in [-0.39, 0.29) is 12.0 Å². The molecule has 0 radical (unpaired) electrons. The number of fused-ring (bicyclic) bond motifs is 1. The Balaban J connectivity index is 2.22. The molecule has 0 amide bonds. The number of aliphatic hydroxyl groups excluding tert-OH is 2. The average molecular weight is 198 g/mol. The summed E-state index contributed by atoms with van der Waals surface area (Å²) in [5, 5.41) is 19.1. The van der Waals surface area contributed by atoms with Crippen LogP contribution in [0.2, 0.25) is 0 Å². The highest BCUT2D eigenvalue weighted by Crippen LogP contribution is 2.53. The summed E-state index contributed by atoms with van der Waals surface area (Å²) in [6, 6.07) is 0. The molecule has 2 aliphatic carbocycles. The third-order valence-corrected chi connectivity index (χ3v) is 4.69. The van der Waals surface area contributed by atoms with Gasteiger partial charge in [-0.3, -0.25) is 0 Å². The van der Waals surface area contributed by atoms with Gasteiger partial charge in [0.25, 0.3) is 0 Å². The van der Waals surface area contributed by atoms with Gasteiger partial charge in [-0.05, 0) is 37.5 Å². The van der Waals surface area contributed by atoms with Crippen LogP contribution in [0, 0.1) is 17.3 Å². The lowest BCUT2D eigenvalue weighted by molar-refractivity contribution is -0.00219. The van der Waals surface area contributed by atoms with Crippen LogP contribution in [0.4, 0.5) is 0 Å². The van der Waals surface area contributed by atoms with Crippen molar-refractivity contribution in [3.63, 3.8) is 0 Å². The zero-order valence-electron chi connectivity index (χ0n) is 8.91. The molecule has 3 atom stereocenters. The van der Waals surface area contributed by atoms with Gasteiger partial charge in [0, 0.05) is 18.6 Å². The highest BCUT2D eigenvalue weighted by molar-refractivity contribution is 4.97. The van der Waals surface area contributed by atoms with Crippen molar-refractivity contribution < 1.29 is 10.2 Å². The molecule has 0 aliphatic heterocycles. The smallest absolute Gasteiger partial charge is 0.0493 e. The second kappa shape index (κ2) is 4.19. The third-order valence-electron chi connectivity index (χ3n) is 4.69. The van der Waals surface area contributed by atoms with Crippen LogP contribution in [0.1, 0.15) is 44.9 Å². The van der Waals surface area contributed by atoms with E-state index in [1.165, 1.54) is 32.1 Å². The predicted octanol–water partition coefficient (Wildman–Crippen LogP) is 1.95. The Bertz CT molecular complexity index is 193. The number of aliphatic hydroxyl groups is 2. The van der Waals surface area contributed by atoms with E-state index in [2.05, 4.69) is 0 Å². The van der Waals surface area contributed by atoms with Crippen LogP contribution < -0.4 is 0 Å². The summed E-state index contributed by atoms with van der Waals surface area (Å²) in [7, 11) is 0. The maximum Gasteiger partial charge on any atom is 0.0493 e. The molecule has 0 heterocycles. The summed E-state index contributed by atoms with van der Waals surface area (Å²) in [5.41, 5.74) is 0.0885. The van der Waals surface area contributed by atoms with Crippen molar-refractivity contribution in [3.8, 4) is 0 Å². The SMILES string of the molecule is OCC1CCCCC2CCCC12CO. The van der Waals surface area contributed by atoms with Gasteiger partial charge in [0.1, 0.15) is 0 Å². The molecule has 2 aliphatic rings. The molecule has 2 nitrogen and oxygen atoms in total. The van der Waals surface area contributed by atoms with Crippen LogP contribution in [0.25, 0.3) is 0 Å². The zero-order chi connectivity index (χ0) is 10.0. The van der Waals surface area contributed by atoms with Crippen molar-refractivity contribution in [2.45, 2.75) is 44.9 Å². The summed E-state index contributed by atoms with van der Waals surface area (Å²) in [5.74, 6) is 1.05. The minimum absolute atomic E-state index is 0.0885. The third kappa shape index (κ3) is 1.49. The largest absolute Gasteiger partial charge is 0.396 e. The molecule has 2 rings (SSSR count). The first kappa shape index (κ1) is 10.4. The Morgan fingerprint density at radius 1 is 1.00 bits per heavy atom. The second-order valence-corrected chi connectivity index (χ2v) is 5.14. The molecule has 2 saturated carbocycles. The molecule has 14 heavy (non-hydrogen) atoms. The molecule has 0 saturated heterocycles. The Morgan fingerprint density at radius 2 is 1.71 bits per heavy atom. The maximum absolute atomic E-state index is 9.67. The number of hydrogen-bond donors (Lipinski definition) is 2. The van der Waals surface area contributed by atoms with E-state index >= 15 is 0 Å². The first-order valence-corrected chi connectivity index (χ1v) is 6.05. The van der Waals surface area contributed by atoms with Crippen molar-refractivity contribution in [2.75, 3.05) is 13.2 Å². The van der Waals surface area contributed by atoms with Crippen LogP contribution in [0.3, 0.4) is 0 Å². The van der Waals surface area contributed by atoms with Crippen LogP contribution in [-0.4, -0.2) is 23.4 Å². The summed E-state index contributed by atoms with van der Waals surface area (Å²) < 4.78 is 0. The lowest BCUT2D eigenvalue weighted by Gasteiger charge is -2.38. The maximum atomic E-state index is 9.67. The summed E-state index contributed by atoms with van der Waals surface area (Å²) >= 11 is 0. The van der Waals surface area contributed by atoms with Crippen LogP contribution >= 0.6 is 0 Å². The van der Waals surface area contributed by atoms with Crippen molar-refractivity contribution >= 4 is 0 Å². The fourth-order valence-electron chi connectivity index (χ4n) is 3.82. The van der Waals surface area contributed by atoms with Crippen molar-refractivity contribution in [2.24, 2.45) is 17.3 Å². The van der Waals surface area contributed by atoms with Gasteiger partial charge in [0.15, 0.2) is 0 Å². The molecule has 2 heteroatoms. The van der Waals surface area contributed by atoms with Gasteiger partial charge in [0.2, 0.25) is 0 Å². The first-order chi connectivity index (χ1) is 6.83. The standard InChI is InChI=1S/C12H22O2/c13-8-11-5-2-1-4-10-6-3-7-12(10,11)9-14/h10-11,13-14H,1-9H2. The number of rotatable bonds is 2.